The van der Waals surface area contributed by atoms with Crippen LogP contribution < -0.4 is 4.57 Å². The van der Waals surface area contributed by atoms with Crippen LogP contribution >= 0.6 is 0 Å². The highest BCUT2D eigenvalue weighted by atomic mass is 32.2. The van der Waals surface area contributed by atoms with E-state index in [1.54, 1.807) is 12.1 Å². The van der Waals surface area contributed by atoms with Gasteiger partial charge in [-0.25, -0.2) is 8.42 Å². The summed E-state index contributed by atoms with van der Waals surface area (Å²) in [7, 11) is -4.27. The van der Waals surface area contributed by atoms with E-state index in [0.717, 1.165) is 12.1 Å². The highest BCUT2D eigenvalue weighted by Crippen LogP contribution is 2.25. The van der Waals surface area contributed by atoms with Crippen molar-refractivity contribution >= 4 is 42.7 Å². The molecule has 0 saturated heterocycles. The minimum Gasteiger partial charge on any atom is -0.744 e. The number of hydrogen-bond acceptors (Lipinski definition) is 3. The van der Waals surface area contributed by atoms with Gasteiger partial charge in [-0.2, -0.15) is 4.57 Å². The lowest BCUT2D eigenvalue weighted by Crippen LogP contribution is -2.34. The molecule has 0 N–H and O–H groups in total. The lowest BCUT2D eigenvalue weighted by molar-refractivity contribution is -0.640. The second-order valence-electron chi connectivity index (χ2n) is 7.44. The van der Waals surface area contributed by atoms with Gasteiger partial charge in [0, 0.05) is 16.8 Å². The van der Waals surface area contributed by atoms with Crippen LogP contribution in [-0.2, 0) is 16.7 Å². The average Bonchev–Trinajstić information content (AvgIpc) is 2.77. The van der Waals surface area contributed by atoms with Crippen LogP contribution in [0.5, 0.6) is 0 Å². The zero-order valence-corrected chi connectivity index (χ0v) is 18.3. The molecule has 0 aliphatic carbocycles. The number of fused-ring (bicyclic) bond motifs is 4. The molecule has 4 nitrogen and oxygen atoms in total. The van der Waals surface area contributed by atoms with E-state index < -0.39 is 10.1 Å². The molecule has 4 aromatic carbocycles. The molecule has 0 atom stereocenters. The Morgan fingerprint density at radius 2 is 1.39 bits per heavy atom. The van der Waals surface area contributed by atoms with E-state index in [0.29, 0.717) is 0 Å². The summed E-state index contributed by atoms with van der Waals surface area (Å²) < 4.78 is 33.6. The molecular weight excluding hydrogens is 406 g/mol. The lowest BCUT2D eigenvalue weighted by Gasteiger charge is -2.07. The first-order valence-corrected chi connectivity index (χ1v) is 11.5. The summed E-state index contributed by atoms with van der Waals surface area (Å²) >= 11 is 0. The first kappa shape index (κ1) is 21.0. The molecule has 1 heterocycles. The summed E-state index contributed by atoms with van der Waals surface area (Å²) in [5, 5.41) is 5.25. The normalized spacial score (nSPS) is 11.5. The number of aromatic nitrogens is 1. The number of rotatable bonds is 2. The van der Waals surface area contributed by atoms with E-state index in [1.165, 1.54) is 44.7 Å². The summed E-state index contributed by atoms with van der Waals surface area (Å²) in [4.78, 5) is -0.178. The number of aryl methyl sites for hydroxylation is 2. The Bertz CT molecular complexity index is 1490. The van der Waals surface area contributed by atoms with Gasteiger partial charge < -0.3 is 4.55 Å². The predicted molar refractivity (Wildman–Crippen MR) is 124 cm³/mol. The summed E-state index contributed by atoms with van der Waals surface area (Å²) in [6, 6.07) is 29.8. The topological polar surface area (TPSA) is 61.1 Å². The van der Waals surface area contributed by atoms with Gasteiger partial charge in [-0.1, -0.05) is 54.1 Å². The van der Waals surface area contributed by atoms with E-state index in [-0.39, 0.29) is 4.90 Å². The van der Waals surface area contributed by atoms with E-state index in [1.807, 2.05) is 6.92 Å². The van der Waals surface area contributed by atoms with Crippen LogP contribution in [0.2, 0.25) is 0 Å². The average molecular weight is 430 g/mol. The largest absolute Gasteiger partial charge is 0.744 e. The molecule has 1 aromatic heterocycles. The highest BCUT2D eigenvalue weighted by molar-refractivity contribution is 7.85. The van der Waals surface area contributed by atoms with Crippen molar-refractivity contribution in [3.63, 3.8) is 0 Å². The fraction of sp³-hybridized carbons (Fsp3) is 0.115. The van der Waals surface area contributed by atoms with E-state index >= 15 is 0 Å². The third-order valence-corrected chi connectivity index (χ3v) is 6.22. The van der Waals surface area contributed by atoms with Crippen LogP contribution in [0, 0.1) is 6.92 Å². The maximum atomic E-state index is 10.4. The summed E-state index contributed by atoms with van der Waals surface area (Å²) in [5.74, 6) is 0. The molecule has 0 fully saturated rings. The van der Waals surface area contributed by atoms with Gasteiger partial charge in [0.05, 0.1) is 10.3 Å². The molecule has 5 rings (SSSR count). The van der Waals surface area contributed by atoms with Crippen molar-refractivity contribution in [3.05, 3.63) is 96.6 Å². The van der Waals surface area contributed by atoms with Crippen molar-refractivity contribution < 1.29 is 17.5 Å². The number of nitrogens with zero attached hydrogens (tertiary/aromatic N) is 1. The molecule has 0 aliphatic heterocycles. The Morgan fingerprint density at radius 3 is 2.06 bits per heavy atom. The van der Waals surface area contributed by atoms with Gasteiger partial charge in [-0.15, -0.1) is 0 Å². The second-order valence-corrected chi connectivity index (χ2v) is 8.82. The van der Waals surface area contributed by atoms with E-state index in [9.17, 15) is 13.0 Å². The van der Waals surface area contributed by atoms with Crippen LogP contribution in [0.1, 0.15) is 12.5 Å². The molecule has 31 heavy (non-hydrogen) atoms. The summed E-state index contributed by atoms with van der Waals surface area (Å²) in [6.07, 6.45) is 0. The first-order valence-electron chi connectivity index (χ1n) is 10.1. The number of hydrogen-bond donors (Lipinski definition) is 0. The molecule has 0 aliphatic rings. The van der Waals surface area contributed by atoms with Crippen molar-refractivity contribution in [1.29, 1.82) is 0 Å². The number of pyridine rings is 1. The lowest BCUT2D eigenvalue weighted by atomic mass is 10.0. The molecule has 0 amide bonds. The zero-order valence-electron chi connectivity index (χ0n) is 17.4. The molecule has 156 valence electrons. The maximum absolute atomic E-state index is 10.4. The van der Waals surface area contributed by atoms with Crippen molar-refractivity contribution in [1.82, 2.24) is 0 Å². The number of para-hydroxylation sites is 1. The molecule has 0 saturated carbocycles. The van der Waals surface area contributed by atoms with E-state index in [4.69, 9.17) is 0 Å². The van der Waals surface area contributed by atoms with Crippen LogP contribution in [0.25, 0.3) is 32.6 Å². The molecular formula is C26H23NO3S. The molecule has 0 radical (unpaired) electrons. The first-order chi connectivity index (χ1) is 14.9. The van der Waals surface area contributed by atoms with Gasteiger partial charge in [-0.3, -0.25) is 0 Å². The predicted octanol–water partition coefficient (Wildman–Crippen LogP) is 5.35. The minimum atomic E-state index is -4.27. The van der Waals surface area contributed by atoms with Gasteiger partial charge >= 0.3 is 0 Å². The van der Waals surface area contributed by atoms with Crippen LogP contribution in [-0.4, -0.2) is 13.0 Å². The molecule has 5 aromatic rings. The molecule has 0 spiro atoms. The molecule has 0 bridgehead atoms. The zero-order chi connectivity index (χ0) is 22.0. The van der Waals surface area contributed by atoms with Gasteiger partial charge in [0.15, 0.2) is 0 Å². The van der Waals surface area contributed by atoms with Crippen LogP contribution in [0.4, 0.5) is 0 Å². The Balaban J connectivity index is 0.000000180. The van der Waals surface area contributed by atoms with Crippen LogP contribution in [0.15, 0.2) is 95.9 Å². The van der Waals surface area contributed by atoms with Crippen LogP contribution in [0.3, 0.4) is 0 Å². The van der Waals surface area contributed by atoms with Crippen molar-refractivity contribution in [2.24, 2.45) is 0 Å². The van der Waals surface area contributed by atoms with Gasteiger partial charge in [0.25, 0.3) is 0 Å². The third kappa shape index (κ3) is 4.29. The Hall–Kier alpha value is -3.28. The SMILES string of the molecule is CC[n+]1c2ccccc2cc2ccc3ccccc3c21.Cc1ccc(S(=O)(=O)[O-])cc1. The fourth-order valence-electron chi connectivity index (χ4n) is 3.87. The minimum absolute atomic E-state index is 0.178. The Morgan fingerprint density at radius 1 is 0.774 bits per heavy atom. The standard InChI is InChI=1S/C19H16N.C7H8O3S/c1-2-20-18-10-6-4-8-15(18)13-16-12-11-14-7-3-5-9-17(14)19(16)20;1-6-2-4-7(5-3-6)11(8,9)10/h3-13H,2H2,1H3;2-5H,1H3,(H,8,9,10)/q+1;/p-1. The molecule has 5 heteroatoms. The van der Waals surface area contributed by atoms with Gasteiger partial charge in [-0.05, 0) is 55.6 Å². The fourth-order valence-corrected chi connectivity index (χ4v) is 4.34. The van der Waals surface area contributed by atoms with Crippen molar-refractivity contribution in [2.75, 3.05) is 0 Å². The highest BCUT2D eigenvalue weighted by Gasteiger charge is 2.15. The van der Waals surface area contributed by atoms with E-state index in [2.05, 4.69) is 78.2 Å². The Kier molecular flexibility index (Phi) is 5.72. The quantitative estimate of drug-likeness (QED) is 0.164. The maximum Gasteiger partial charge on any atom is 0.220 e. The van der Waals surface area contributed by atoms with Gasteiger partial charge in [0.1, 0.15) is 16.7 Å². The Labute approximate surface area is 182 Å². The smallest absolute Gasteiger partial charge is 0.220 e. The monoisotopic (exact) mass is 429 g/mol. The summed E-state index contributed by atoms with van der Waals surface area (Å²) in [6.45, 7) is 5.01. The third-order valence-electron chi connectivity index (χ3n) is 5.37. The van der Waals surface area contributed by atoms with Gasteiger partial charge in [0.2, 0.25) is 11.0 Å². The second kappa shape index (κ2) is 8.46. The molecule has 0 unspecified atom stereocenters. The summed E-state index contributed by atoms with van der Waals surface area (Å²) in [5.41, 5.74) is 3.57. The van der Waals surface area contributed by atoms with Crippen molar-refractivity contribution in [2.45, 2.75) is 25.3 Å². The van der Waals surface area contributed by atoms with Crippen molar-refractivity contribution in [3.8, 4) is 0 Å². The number of benzene rings is 4.